The summed E-state index contributed by atoms with van der Waals surface area (Å²) in [5.41, 5.74) is 3.19. The van der Waals surface area contributed by atoms with Crippen LogP contribution in [0.1, 0.15) is 0 Å². The van der Waals surface area contributed by atoms with Crippen molar-refractivity contribution in [3.63, 3.8) is 0 Å². The minimum atomic E-state index is -2.21. The van der Waals surface area contributed by atoms with Crippen LogP contribution >= 0.6 is 0 Å². The van der Waals surface area contributed by atoms with E-state index in [1.807, 2.05) is 0 Å². The van der Waals surface area contributed by atoms with Crippen molar-refractivity contribution in [2.24, 2.45) is 0 Å². The molecule has 90 valence electrons. The van der Waals surface area contributed by atoms with Crippen molar-refractivity contribution in [1.82, 2.24) is 0 Å². The fourth-order valence-electron chi connectivity index (χ4n) is 0.622. The number of nitrogen functional groups attached to an aromatic ring is 1. The molecule has 1 aromatic rings. The summed E-state index contributed by atoms with van der Waals surface area (Å²) in [5.74, 6) is -10.3. The highest BCUT2D eigenvalue weighted by Gasteiger charge is 2.23. The molecule has 0 aromatic heterocycles. The molecule has 0 aliphatic heterocycles. The van der Waals surface area contributed by atoms with Gasteiger partial charge in [0.1, 0.15) is 5.69 Å². The third kappa shape index (κ3) is 3.33. The summed E-state index contributed by atoms with van der Waals surface area (Å²) in [6, 6.07) is 0. The summed E-state index contributed by atoms with van der Waals surface area (Å²) in [4.78, 5) is 0. The van der Waals surface area contributed by atoms with Gasteiger partial charge in [-0.2, -0.15) is 0 Å². The Hall–Kier alpha value is -1.39. The lowest BCUT2D eigenvalue weighted by Gasteiger charge is -2.02. The van der Waals surface area contributed by atoms with E-state index in [0.29, 0.717) is 0 Å². The highest BCUT2D eigenvalue weighted by atomic mass is 19.2. The minimum absolute atomic E-state index is 1.37. The van der Waals surface area contributed by atoms with Crippen LogP contribution in [0.2, 0.25) is 0 Å². The van der Waals surface area contributed by atoms with Gasteiger partial charge in [0.2, 0.25) is 5.82 Å². The van der Waals surface area contributed by atoms with Gasteiger partial charge in [-0.1, -0.05) is 0 Å². The van der Waals surface area contributed by atoms with E-state index in [1.54, 1.807) is 0 Å². The van der Waals surface area contributed by atoms with E-state index >= 15 is 0 Å². The van der Waals surface area contributed by atoms with E-state index in [-0.39, 0.29) is 0 Å². The molecule has 0 atom stereocenters. The van der Waals surface area contributed by atoms with Crippen LogP contribution < -0.4 is 5.73 Å². The molecule has 0 saturated heterocycles. The molecule has 0 unspecified atom stereocenters. The third-order valence-corrected chi connectivity index (χ3v) is 1.24. The molecule has 0 aliphatic carbocycles. The maximum atomic E-state index is 12.3. The van der Waals surface area contributed by atoms with Gasteiger partial charge in [-0.15, -0.1) is 0 Å². The summed E-state index contributed by atoms with van der Waals surface area (Å²) in [7, 11) is -2.17. The topological polar surface area (TPSA) is 86.7 Å². The summed E-state index contributed by atoms with van der Waals surface area (Å²) in [6.45, 7) is 0. The SMILES string of the molecule is Nc1c(F)c(F)c(F)c(F)c1F.OB(O)O. The molecule has 0 aliphatic rings. The van der Waals surface area contributed by atoms with Crippen molar-refractivity contribution in [1.29, 1.82) is 0 Å². The summed E-state index contributed by atoms with van der Waals surface area (Å²) in [5, 5.41) is 21.5. The van der Waals surface area contributed by atoms with Crippen molar-refractivity contribution >= 4 is 13.0 Å². The average molecular weight is 245 g/mol. The Balaban J connectivity index is 0.000000487. The van der Waals surface area contributed by atoms with Crippen LogP contribution in [0, 0.1) is 29.1 Å². The van der Waals surface area contributed by atoms with Crippen LogP contribution in [0.15, 0.2) is 0 Å². The summed E-state index contributed by atoms with van der Waals surface area (Å²) >= 11 is 0. The first kappa shape index (κ1) is 14.6. The third-order valence-electron chi connectivity index (χ3n) is 1.24. The monoisotopic (exact) mass is 245 g/mol. The first-order valence-corrected chi connectivity index (χ1v) is 3.51. The van der Waals surface area contributed by atoms with Gasteiger partial charge in [-0.25, -0.2) is 22.0 Å². The van der Waals surface area contributed by atoms with Crippen LogP contribution in [-0.4, -0.2) is 22.4 Å². The molecule has 0 spiro atoms. The number of halogens is 5. The molecule has 0 fully saturated rings. The van der Waals surface area contributed by atoms with E-state index in [9.17, 15) is 22.0 Å². The lowest BCUT2D eigenvalue weighted by molar-refractivity contribution is 0.278. The molecular formula is C6H5BF5NO3. The molecule has 16 heavy (non-hydrogen) atoms. The number of hydrogen-bond donors (Lipinski definition) is 4. The fraction of sp³-hybridized carbons (Fsp3) is 0. The van der Waals surface area contributed by atoms with Gasteiger partial charge in [0.25, 0.3) is 0 Å². The quantitative estimate of drug-likeness (QED) is 0.169. The second kappa shape index (κ2) is 5.63. The van der Waals surface area contributed by atoms with Gasteiger partial charge in [0.05, 0.1) is 0 Å². The number of hydrogen-bond acceptors (Lipinski definition) is 4. The average Bonchev–Trinajstić information content (AvgIpc) is 2.20. The van der Waals surface area contributed by atoms with Gasteiger partial charge in [0.15, 0.2) is 23.3 Å². The Labute approximate surface area is 85.9 Å². The number of rotatable bonds is 0. The van der Waals surface area contributed by atoms with Gasteiger partial charge in [-0.3, -0.25) is 0 Å². The molecule has 1 rings (SSSR count). The molecule has 0 amide bonds. The van der Waals surface area contributed by atoms with Crippen molar-refractivity contribution in [3.8, 4) is 0 Å². The van der Waals surface area contributed by atoms with Crippen molar-refractivity contribution in [3.05, 3.63) is 29.1 Å². The van der Waals surface area contributed by atoms with Crippen LogP contribution in [0.5, 0.6) is 0 Å². The van der Waals surface area contributed by atoms with Gasteiger partial charge < -0.3 is 20.8 Å². The normalized spacial score (nSPS) is 9.50. The van der Waals surface area contributed by atoms with E-state index in [2.05, 4.69) is 5.73 Å². The summed E-state index contributed by atoms with van der Waals surface area (Å²) in [6.07, 6.45) is 0. The Kier molecular flexibility index (Phi) is 5.14. The number of benzene rings is 1. The molecule has 10 heteroatoms. The zero-order valence-electron chi connectivity index (χ0n) is 7.39. The zero-order chi connectivity index (χ0) is 13.0. The van der Waals surface area contributed by atoms with Crippen LogP contribution in [-0.2, 0) is 0 Å². The van der Waals surface area contributed by atoms with E-state index in [0.717, 1.165) is 0 Å². The Morgan fingerprint density at radius 1 is 0.688 bits per heavy atom. The molecular weight excluding hydrogens is 240 g/mol. The Bertz CT molecular complexity index is 281. The van der Waals surface area contributed by atoms with Crippen LogP contribution in [0.3, 0.4) is 0 Å². The highest BCUT2D eigenvalue weighted by Crippen LogP contribution is 2.23. The Morgan fingerprint density at radius 2 is 0.875 bits per heavy atom. The summed E-state index contributed by atoms with van der Waals surface area (Å²) < 4.78 is 61.1. The zero-order valence-corrected chi connectivity index (χ0v) is 7.39. The van der Waals surface area contributed by atoms with Gasteiger partial charge in [0, 0.05) is 0 Å². The molecule has 4 nitrogen and oxygen atoms in total. The maximum absolute atomic E-state index is 12.3. The van der Waals surface area contributed by atoms with Crippen LogP contribution in [0.25, 0.3) is 0 Å². The highest BCUT2D eigenvalue weighted by molar-refractivity contribution is 6.30. The van der Waals surface area contributed by atoms with E-state index < -0.39 is 42.1 Å². The second-order valence-corrected chi connectivity index (χ2v) is 2.33. The van der Waals surface area contributed by atoms with Crippen LogP contribution in [0.4, 0.5) is 27.6 Å². The lowest BCUT2D eigenvalue weighted by atomic mass is 10.2. The molecule has 5 N–H and O–H groups in total. The first-order chi connectivity index (χ1) is 7.20. The predicted molar refractivity (Wildman–Crippen MR) is 43.1 cm³/mol. The largest absolute Gasteiger partial charge is 0.631 e. The molecule has 1 aromatic carbocycles. The number of anilines is 1. The van der Waals surface area contributed by atoms with E-state index in [4.69, 9.17) is 15.1 Å². The molecule has 0 heterocycles. The van der Waals surface area contributed by atoms with Crippen molar-refractivity contribution < 1.29 is 37.0 Å². The molecule has 0 saturated carbocycles. The fourth-order valence-corrected chi connectivity index (χ4v) is 0.622. The Morgan fingerprint density at radius 3 is 1.12 bits per heavy atom. The standard InChI is InChI=1S/C6H2F5N.BH3O3/c7-1-2(8)4(10)6(12)5(11)3(1)9;2-1(3)4/h12H2;2-4H. The lowest BCUT2D eigenvalue weighted by Crippen LogP contribution is -2.07. The molecule has 0 bridgehead atoms. The second-order valence-electron chi connectivity index (χ2n) is 2.33. The molecule has 0 radical (unpaired) electrons. The van der Waals surface area contributed by atoms with E-state index in [1.165, 1.54) is 0 Å². The maximum Gasteiger partial charge on any atom is 0.631 e. The van der Waals surface area contributed by atoms with Gasteiger partial charge >= 0.3 is 7.32 Å². The van der Waals surface area contributed by atoms with Crippen molar-refractivity contribution in [2.75, 3.05) is 5.73 Å². The van der Waals surface area contributed by atoms with Crippen molar-refractivity contribution in [2.45, 2.75) is 0 Å². The number of nitrogens with two attached hydrogens (primary N) is 1. The minimum Gasteiger partial charge on any atom is -0.402 e. The van der Waals surface area contributed by atoms with Gasteiger partial charge in [-0.05, 0) is 0 Å². The predicted octanol–water partition coefficient (Wildman–Crippen LogP) is -0.0875. The first-order valence-electron chi connectivity index (χ1n) is 3.51. The smallest absolute Gasteiger partial charge is 0.402 e.